The summed E-state index contributed by atoms with van der Waals surface area (Å²) in [6.45, 7) is 0.601. The van der Waals surface area contributed by atoms with Gasteiger partial charge >= 0.3 is 0 Å². The van der Waals surface area contributed by atoms with Gasteiger partial charge in [0.1, 0.15) is 0 Å². The van der Waals surface area contributed by atoms with E-state index in [1.54, 1.807) is 0 Å². The molecule has 0 spiro atoms. The number of rotatable bonds is 1. The van der Waals surface area contributed by atoms with Crippen molar-refractivity contribution in [1.82, 2.24) is 0 Å². The minimum Gasteiger partial charge on any atom is -0.394 e. The molecule has 2 atom stereocenters. The maximum atomic E-state index is 9.02. The molecule has 0 unspecified atom stereocenters. The number of hydrogen-bond acceptors (Lipinski definition) is 3. The van der Waals surface area contributed by atoms with E-state index in [1.165, 1.54) is 0 Å². The molecular weight excluding hydrogens is 120 g/mol. The van der Waals surface area contributed by atoms with Crippen LogP contribution in [0, 0.1) is 0 Å². The molecule has 1 saturated heterocycles. The molecule has 0 aliphatic carbocycles. The summed E-state index contributed by atoms with van der Waals surface area (Å²) in [4.78, 5) is 0. The van der Waals surface area contributed by atoms with Crippen molar-refractivity contribution in [2.24, 2.45) is 0 Å². The Morgan fingerprint density at radius 3 is 2.78 bits per heavy atom. The lowest BCUT2D eigenvalue weighted by Gasteiger charge is -2.24. The Balaban J connectivity index is 2.23. The van der Waals surface area contributed by atoms with E-state index in [9.17, 15) is 0 Å². The monoisotopic (exact) mass is 132 g/mol. The van der Waals surface area contributed by atoms with E-state index >= 15 is 0 Å². The predicted octanol–water partition coefficient (Wildman–Crippen LogP) is -0.481. The maximum absolute atomic E-state index is 9.02. The van der Waals surface area contributed by atoms with E-state index in [0.29, 0.717) is 19.4 Å². The average molecular weight is 132 g/mol. The molecule has 1 heterocycles. The summed E-state index contributed by atoms with van der Waals surface area (Å²) in [6.07, 6.45) is 0.886. The summed E-state index contributed by atoms with van der Waals surface area (Å²) in [7, 11) is 0. The van der Waals surface area contributed by atoms with E-state index in [0.717, 1.165) is 0 Å². The van der Waals surface area contributed by atoms with Crippen molar-refractivity contribution >= 4 is 0 Å². The SMILES string of the molecule is OC[C@@H]1C[C@H](O)CCO1. The highest BCUT2D eigenvalue weighted by molar-refractivity contribution is 4.68. The third kappa shape index (κ3) is 1.93. The van der Waals surface area contributed by atoms with Crippen molar-refractivity contribution < 1.29 is 14.9 Å². The second kappa shape index (κ2) is 3.15. The Bertz CT molecular complexity index is 84.4. The summed E-state index contributed by atoms with van der Waals surface area (Å²) < 4.78 is 5.09. The van der Waals surface area contributed by atoms with Gasteiger partial charge in [0.2, 0.25) is 0 Å². The van der Waals surface area contributed by atoms with Crippen molar-refractivity contribution in [3.05, 3.63) is 0 Å². The minimum absolute atomic E-state index is 0.0249. The van der Waals surface area contributed by atoms with Crippen LogP contribution < -0.4 is 0 Å². The zero-order valence-electron chi connectivity index (χ0n) is 5.29. The van der Waals surface area contributed by atoms with Crippen LogP contribution in [-0.2, 0) is 4.74 Å². The van der Waals surface area contributed by atoms with Gasteiger partial charge in [0.25, 0.3) is 0 Å². The van der Waals surface area contributed by atoms with Crippen molar-refractivity contribution in [1.29, 1.82) is 0 Å². The van der Waals surface area contributed by atoms with Gasteiger partial charge in [-0.05, 0) is 6.42 Å². The lowest BCUT2D eigenvalue weighted by Crippen LogP contribution is -2.31. The fourth-order valence-electron chi connectivity index (χ4n) is 0.987. The number of hydrogen-bond donors (Lipinski definition) is 2. The van der Waals surface area contributed by atoms with Crippen LogP contribution in [-0.4, -0.2) is 35.6 Å². The van der Waals surface area contributed by atoms with Crippen LogP contribution in [0.3, 0.4) is 0 Å². The quantitative estimate of drug-likeness (QED) is 0.506. The van der Waals surface area contributed by atoms with Crippen molar-refractivity contribution in [2.75, 3.05) is 13.2 Å². The molecule has 0 bridgehead atoms. The van der Waals surface area contributed by atoms with Crippen LogP contribution in [0.5, 0.6) is 0 Å². The first-order valence-corrected chi connectivity index (χ1v) is 3.23. The van der Waals surface area contributed by atoms with Crippen LogP contribution in [0.4, 0.5) is 0 Å². The molecule has 1 fully saturated rings. The highest BCUT2D eigenvalue weighted by atomic mass is 16.5. The third-order valence-corrected chi connectivity index (χ3v) is 1.54. The average Bonchev–Trinajstić information content (AvgIpc) is 1.88. The molecule has 1 aliphatic rings. The normalized spacial score (nSPS) is 36.7. The van der Waals surface area contributed by atoms with E-state index in [4.69, 9.17) is 14.9 Å². The molecule has 3 heteroatoms. The highest BCUT2D eigenvalue weighted by Gasteiger charge is 2.19. The van der Waals surface area contributed by atoms with Gasteiger partial charge in [-0.3, -0.25) is 0 Å². The molecule has 0 aromatic carbocycles. The molecule has 0 amide bonds. The van der Waals surface area contributed by atoms with Crippen molar-refractivity contribution in [2.45, 2.75) is 25.0 Å². The number of aliphatic hydroxyl groups excluding tert-OH is 2. The molecule has 3 nitrogen and oxygen atoms in total. The van der Waals surface area contributed by atoms with E-state index in [1.807, 2.05) is 0 Å². The summed E-state index contributed by atoms with van der Waals surface area (Å²) in [6, 6.07) is 0. The Labute approximate surface area is 54.3 Å². The predicted molar refractivity (Wildman–Crippen MR) is 32.1 cm³/mol. The van der Waals surface area contributed by atoms with Gasteiger partial charge in [-0.1, -0.05) is 0 Å². The van der Waals surface area contributed by atoms with Gasteiger partial charge in [0, 0.05) is 13.0 Å². The molecule has 0 radical (unpaired) electrons. The van der Waals surface area contributed by atoms with Gasteiger partial charge in [-0.25, -0.2) is 0 Å². The lowest BCUT2D eigenvalue weighted by molar-refractivity contribution is -0.0642. The van der Waals surface area contributed by atoms with E-state index in [-0.39, 0.29) is 18.8 Å². The molecule has 0 aromatic heterocycles. The van der Waals surface area contributed by atoms with Crippen LogP contribution in [0.1, 0.15) is 12.8 Å². The topological polar surface area (TPSA) is 49.7 Å². The maximum Gasteiger partial charge on any atom is 0.0830 e. The van der Waals surface area contributed by atoms with Crippen molar-refractivity contribution in [3.8, 4) is 0 Å². The molecule has 1 rings (SSSR count). The second-order valence-corrected chi connectivity index (χ2v) is 2.35. The molecule has 0 aromatic rings. The standard InChI is InChI=1S/C6H12O3/c7-4-6-3-5(8)1-2-9-6/h5-8H,1-4H2/t5-,6+/m1/s1. The molecule has 0 saturated carbocycles. The first-order chi connectivity index (χ1) is 4.33. The third-order valence-electron chi connectivity index (χ3n) is 1.54. The largest absolute Gasteiger partial charge is 0.394 e. The van der Waals surface area contributed by atoms with Gasteiger partial charge in [0.15, 0.2) is 0 Å². The first-order valence-electron chi connectivity index (χ1n) is 3.23. The lowest BCUT2D eigenvalue weighted by atomic mass is 10.1. The minimum atomic E-state index is -0.268. The molecule has 54 valence electrons. The zero-order valence-corrected chi connectivity index (χ0v) is 5.29. The summed E-state index contributed by atoms with van der Waals surface area (Å²) in [5.41, 5.74) is 0. The van der Waals surface area contributed by atoms with Crippen LogP contribution in [0.2, 0.25) is 0 Å². The molecule has 9 heavy (non-hydrogen) atoms. The Morgan fingerprint density at radius 1 is 1.56 bits per heavy atom. The molecule has 2 N–H and O–H groups in total. The highest BCUT2D eigenvalue weighted by Crippen LogP contribution is 2.12. The zero-order chi connectivity index (χ0) is 6.69. The molecular formula is C6H12O3. The molecule has 1 aliphatic heterocycles. The second-order valence-electron chi connectivity index (χ2n) is 2.35. The Morgan fingerprint density at radius 2 is 2.33 bits per heavy atom. The first kappa shape index (κ1) is 6.99. The van der Waals surface area contributed by atoms with Crippen LogP contribution >= 0.6 is 0 Å². The van der Waals surface area contributed by atoms with Gasteiger partial charge in [-0.15, -0.1) is 0 Å². The Hall–Kier alpha value is -0.120. The fraction of sp³-hybridized carbons (Fsp3) is 1.00. The van der Waals surface area contributed by atoms with Gasteiger partial charge < -0.3 is 14.9 Å². The summed E-state index contributed by atoms with van der Waals surface area (Å²) in [5, 5.41) is 17.6. The number of ether oxygens (including phenoxy) is 1. The summed E-state index contributed by atoms with van der Waals surface area (Å²) in [5.74, 6) is 0. The van der Waals surface area contributed by atoms with Crippen LogP contribution in [0.25, 0.3) is 0 Å². The van der Waals surface area contributed by atoms with Gasteiger partial charge in [-0.2, -0.15) is 0 Å². The van der Waals surface area contributed by atoms with E-state index in [2.05, 4.69) is 0 Å². The Kier molecular flexibility index (Phi) is 2.45. The van der Waals surface area contributed by atoms with Gasteiger partial charge in [0.05, 0.1) is 18.8 Å². The summed E-state index contributed by atoms with van der Waals surface area (Å²) >= 11 is 0. The smallest absolute Gasteiger partial charge is 0.0830 e. The van der Waals surface area contributed by atoms with Crippen LogP contribution in [0.15, 0.2) is 0 Å². The number of aliphatic hydroxyl groups is 2. The fourth-order valence-corrected chi connectivity index (χ4v) is 0.987. The van der Waals surface area contributed by atoms with E-state index < -0.39 is 0 Å². The van der Waals surface area contributed by atoms with Crippen molar-refractivity contribution in [3.63, 3.8) is 0 Å².